The third-order valence-corrected chi connectivity index (χ3v) is 3.53. The number of aliphatic carboxylic acids is 1. The summed E-state index contributed by atoms with van der Waals surface area (Å²) in [5.74, 6) is -5.75. The molecule has 0 saturated carbocycles. The van der Waals surface area contributed by atoms with E-state index in [-0.39, 0.29) is 5.56 Å². The molecule has 2 N–H and O–H groups in total. The van der Waals surface area contributed by atoms with Crippen LogP contribution in [0.2, 0.25) is 0 Å². The predicted molar refractivity (Wildman–Crippen MR) is 62.1 cm³/mol. The Labute approximate surface area is 112 Å². The lowest BCUT2D eigenvalue weighted by molar-refractivity contribution is -0.187. The summed E-state index contributed by atoms with van der Waals surface area (Å²) in [6.45, 7) is 0.576. The first-order valence-corrected chi connectivity index (χ1v) is 5.94. The van der Waals surface area contributed by atoms with Gasteiger partial charge in [-0.3, -0.25) is 9.59 Å². The minimum atomic E-state index is -4.63. The Morgan fingerprint density at radius 2 is 2.05 bits per heavy atom. The van der Waals surface area contributed by atoms with Gasteiger partial charge in [0, 0.05) is 25.0 Å². The number of hydrogen-bond acceptors (Lipinski definition) is 2. The summed E-state index contributed by atoms with van der Waals surface area (Å²) in [6.07, 6.45) is -3.13. The van der Waals surface area contributed by atoms with E-state index in [0.29, 0.717) is 5.69 Å². The van der Waals surface area contributed by atoms with Gasteiger partial charge in [-0.1, -0.05) is 0 Å². The summed E-state index contributed by atoms with van der Waals surface area (Å²) in [6, 6.07) is 1.47. The van der Waals surface area contributed by atoms with Gasteiger partial charge in [0.15, 0.2) is 0 Å². The van der Waals surface area contributed by atoms with Crippen LogP contribution in [0.1, 0.15) is 16.1 Å². The predicted octanol–water partition coefficient (Wildman–Crippen LogP) is 1.66. The summed E-state index contributed by atoms with van der Waals surface area (Å²) < 4.78 is 38.5. The van der Waals surface area contributed by atoms with Crippen molar-refractivity contribution in [3.05, 3.63) is 23.5 Å². The van der Waals surface area contributed by atoms with Crippen molar-refractivity contribution in [1.29, 1.82) is 0 Å². The van der Waals surface area contributed by atoms with Gasteiger partial charge in [-0.25, -0.2) is 0 Å². The quantitative estimate of drug-likeness (QED) is 0.870. The van der Waals surface area contributed by atoms with Crippen LogP contribution in [0.15, 0.2) is 12.3 Å². The molecule has 1 aliphatic rings. The van der Waals surface area contributed by atoms with Crippen LogP contribution < -0.4 is 0 Å². The molecule has 2 rings (SSSR count). The number of carboxylic acids is 1. The Bertz CT molecular complexity index is 538. The molecule has 1 aliphatic heterocycles. The standard InChI is InChI=1S/C12H13F3N2O3/c1-6-7(2-3-16-6)10(18)17-4-8(11(19)20)9(5-17)12(13,14)15/h2-3,8-9,16H,4-5H2,1H3,(H,19,20)/t8-,9-/m1/s1. The van der Waals surface area contributed by atoms with Crippen molar-refractivity contribution in [3.8, 4) is 0 Å². The van der Waals surface area contributed by atoms with Crippen molar-refractivity contribution in [2.24, 2.45) is 11.8 Å². The molecular weight excluding hydrogens is 277 g/mol. The zero-order valence-electron chi connectivity index (χ0n) is 10.6. The number of carboxylic acid groups (broad SMARTS) is 1. The lowest BCUT2D eigenvalue weighted by atomic mass is 9.96. The molecular formula is C12H13F3N2O3. The fourth-order valence-electron chi connectivity index (χ4n) is 2.41. The highest BCUT2D eigenvalue weighted by atomic mass is 19.4. The molecule has 2 heterocycles. The summed E-state index contributed by atoms with van der Waals surface area (Å²) in [5.41, 5.74) is 0.800. The first-order valence-electron chi connectivity index (χ1n) is 5.94. The molecule has 1 aromatic rings. The molecule has 1 aromatic heterocycles. The molecule has 0 aromatic carbocycles. The molecule has 0 spiro atoms. The van der Waals surface area contributed by atoms with Crippen LogP contribution in [0, 0.1) is 18.8 Å². The lowest BCUT2D eigenvalue weighted by Gasteiger charge is -2.18. The van der Waals surface area contributed by atoms with Crippen molar-refractivity contribution < 1.29 is 27.9 Å². The summed E-state index contributed by atoms with van der Waals surface area (Å²) >= 11 is 0. The van der Waals surface area contributed by atoms with Crippen molar-refractivity contribution in [3.63, 3.8) is 0 Å². The minimum absolute atomic E-state index is 0.261. The van der Waals surface area contributed by atoms with E-state index in [0.717, 1.165) is 4.90 Å². The van der Waals surface area contributed by atoms with Crippen molar-refractivity contribution in [2.45, 2.75) is 13.1 Å². The highest BCUT2D eigenvalue weighted by Gasteiger charge is 2.53. The first kappa shape index (κ1) is 14.4. The number of H-pyrrole nitrogens is 1. The average molecular weight is 290 g/mol. The average Bonchev–Trinajstić information content (AvgIpc) is 2.92. The Kier molecular flexibility index (Phi) is 3.49. The third kappa shape index (κ3) is 2.50. The zero-order valence-corrected chi connectivity index (χ0v) is 10.6. The second kappa shape index (κ2) is 4.84. The largest absolute Gasteiger partial charge is 0.481 e. The maximum absolute atomic E-state index is 12.8. The van der Waals surface area contributed by atoms with E-state index in [1.54, 1.807) is 6.92 Å². The SMILES string of the molecule is Cc1[nH]ccc1C(=O)N1C[C@@H](C(F)(F)F)[C@H](C(=O)O)C1. The van der Waals surface area contributed by atoms with E-state index >= 15 is 0 Å². The summed E-state index contributed by atoms with van der Waals surface area (Å²) in [5, 5.41) is 8.89. The van der Waals surface area contributed by atoms with Gasteiger partial charge in [-0.2, -0.15) is 13.2 Å². The zero-order chi connectivity index (χ0) is 15.1. The van der Waals surface area contributed by atoms with Crippen LogP contribution in [-0.4, -0.2) is 46.1 Å². The Morgan fingerprint density at radius 1 is 1.40 bits per heavy atom. The van der Waals surface area contributed by atoms with Crippen LogP contribution in [0.25, 0.3) is 0 Å². The maximum atomic E-state index is 12.8. The fraction of sp³-hybridized carbons (Fsp3) is 0.500. The molecule has 0 aliphatic carbocycles. The van der Waals surface area contributed by atoms with Gasteiger partial charge in [0.1, 0.15) is 0 Å². The molecule has 0 radical (unpaired) electrons. The van der Waals surface area contributed by atoms with Crippen LogP contribution in [0.3, 0.4) is 0 Å². The molecule has 110 valence electrons. The van der Waals surface area contributed by atoms with E-state index in [9.17, 15) is 22.8 Å². The summed E-state index contributed by atoms with van der Waals surface area (Å²) in [4.78, 5) is 26.8. The first-order chi connectivity index (χ1) is 9.21. The van der Waals surface area contributed by atoms with Gasteiger partial charge in [0.2, 0.25) is 0 Å². The topological polar surface area (TPSA) is 73.4 Å². The van der Waals surface area contributed by atoms with E-state index in [2.05, 4.69) is 4.98 Å². The number of rotatable bonds is 2. The number of carbonyl (C=O) groups is 2. The number of halogens is 3. The smallest absolute Gasteiger partial charge is 0.394 e. The highest BCUT2D eigenvalue weighted by molar-refractivity contribution is 5.96. The number of likely N-dealkylation sites (tertiary alicyclic amines) is 1. The highest BCUT2D eigenvalue weighted by Crippen LogP contribution is 2.38. The monoisotopic (exact) mass is 290 g/mol. The van der Waals surface area contributed by atoms with Crippen molar-refractivity contribution >= 4 is 11.9 Å². The molecule has 2 atom stereocenters. The van der Waals surface area contributed by atoms with E-state index in [1.165, 1.54) is 12.3 Å². The number of aromatic nitrogens is 1. The third-order valence-electron chi connectivity index (χ3n) is 3.53. The molecule has 1 saturated heterocycles. The number of alkyl halides is 3. The normalized spacial score (nSPS) is 23.1. The number of aryl methyl sites for hydroxylation is 1. The van der Waals surface area contributed by atoms with Crippen LogP contribution in [0.5, 0.6) is 0 Å². The molecule has 20 heavy (non-hydrogen) atoms. The Morgan fingerprint density at radius 3 is 2.45 bits per heavy atom. The van der Waals surface area contributed by atoms with E-state index < -0.39 is 43.0 Å². The maximum Gasteiger partial charge on any atom is 0.394 e. The van der Waals surface area contributed by atoms with Gasteiger partial charge >= 0.3 is 12.1 Å². The molecule has 5 nitrogen and oxygen atoms in total. The number of carbonyl (C=O) groups excluding carboxylic acids is 1. The van der Waals surface area contributed by atoms with Crippen molar-refractivity contribution in [2.75, 3.05) is 13.1 Å². The molecule has 8 heteroatoms. The molecule has 1 amide bonds. The van der Waals surface area contributed by atoms with Crippen LogP contribution in [-0.2, 0) is 4.79 Å². The van der Waals surface area contributed by atoms with Gasteiger partial charge in [0.25, 0.3) is 5.91 Å². The number of amides is 1. The number of nitrogens with one attached hydrogen (secondary N) is 1. The number of hydrogen-bond donors (Lipinski definition) is 2. The van der Waals surface area contributed by atoms with Crippen LogP contribution in [0.4, 0.5) is 13.2 Å². The molecule has 0 bridgehead atoms. The van der Waals surface area contributed by atoms with Gasteiger partial charge in [0.05, 0.1) is 17.4 Å². The van der Waals surface area contributed by atoms with Gasteiger partial charge in [-0.05, 0) is 13.0 Å². The number of nitrogens with zero attached hydrogens (tertiary/aromatic N) is 1. The lowest BCUT2D eigenvalue weighted by Crippen LogP contribution is -2.34. The van der Waals surface area contributed by atoms with Crippen molar-refractivity contribution in [1.82, 2.24) is 9.88 Å². The number of aromatic amines is 1. The fourth-order valence-corrected chi connectivity index (χ4v) is 2.41. The molecule has 1 fully saturated rings. The minimum Gasteiger partial charge on any atom is -0.481 e. The van der Waals surface area contributed by atoms with E-state index in [1.807, 2.05) is 0 Å². The van der Waals surface area contributed by atoms with E-state index in [4.69, 9.17) is 5.11 Å². The summed E-state index contributed by atoms with van der Waals surface area (Å²) in [7, 11) is 0. The molecule has 0 unspecified atom stereocenters. The second-order valence-corrected chi connectivity index (χ2v) is 4.82. The van der Waals surface area contributed by atoms with Gasteiger partial charge in [-0.15, -0.1) is 0 Å². The van der Waals surface area contributed by atoms with Crippen LogP contribution >= 0.6 is 0 Å². The Balaban J connectivity index is 2.22. The Hall–Kier alpha value is -1.99. The van der Waals surface area contributed by atoms with Gasteiger partial charge < -0.3 is 15.0 Å². The second-order valence-electron chi connectivity index (χ2n) is 4.82.